The molecule has 0 aliphatic carbocycles. The Morgan fingerprint density at radius 1 is 1.10 bits per heavy atom. The van der Waals surface area contributed by atoms with Crippen LogP contribution in [0.4, 0.5) is 5.82 Å². The van der Waals surface area contributed by atoms with Gasteiger partial charge in [0.2, 0.25) is 11.8 Å². The second-order valence-electron chi connectivity index (χ2n) is 10.6. The largest absolute Gasteiger partial charge is 0.497 e. The standard InChI is InChI=1S/C33H34N4O4S/c1-22-8-6-11-24(18-22)32-30-31(23-9-4-3-5-10-23)35-37(25-13-15-26(40-2)16-14-25)33(30)36(29(39)21-42-32)20-28(38)34-19-27-12-7-17-41-27/h3-6,8-11,13-16,18,27,32H,7,12,17,19-21H2,1-2H3,(H,34,38). The van der Waals surface area contributed by atoms with Gasteiger partial charge in [-0.05, 0) is 49.6 Å². The maximum atomic E-state index is 13.9. The highest BCUT2D eigenvalue weighted by Gasteiger charge is 2.37. The molecule has 0 bridgehead atoms. The molecule has 2 atom stereocenters. The van der Waals surface area contributed by atoms with E-state index in [0.717, 1.165) is 58.8 Å². The molecule has 3 heterocycles. The average molecular weight is 583 g/mol. The van der Waals surface area contributed by atoms with Gasteiger partial charge in [-0.1, -0.05) is 60.2 Å². The molecule has 1 fully saturated rings. The van der Waals surface area contributed by atoms with Crippen molar-refractivity contribution in [1.29, 1.82) is 0 Å². The van der Waals surface area contributed by atoms with E-state index in [1.807, 2.05) is 60.7 Å². The van der Waals surface area contributed by atoms with Crippen molar-refractivity contribution in [2.24, 2.45) is 0 Å². The molecule has 0 spiro atoms. The lowest BCUT2D eigenvalue weighted by molar-refractivity contribution is -0.123. The van der Waals surface area contributed by atoms with E-state index in [1.54, 1.807) is 28.5 Å². The molecule has 8 nitrogen and oxygen atoms in total. The molecule has 1 N–H and O–H groups in total. The lowest BCUT2D eigenvalue weighted by Gasteiger charge is -2.23. The Hall–Kier alpha value is -4.08. The molecule has 4 aromatic rings. The van der Waals surface area contributed by atoms with E-state index >= 15 is 0 Å². The minimum atomic E-state index is -0.229. The van der Waals surface area contributed by atoms with E-state index in [4.69, 9.17) is 14.6 Å². The van der Waals surface area contributed by atoms with Crippen LogP contribution in [0.15, 0.2) is 78.9 Å². The lowest BCUT2D eigenvalue weighted by atomic mass is 9.98. The molecule has 216 valence electrons. The summed E-state index contributed by atoms with van der Waals surface area (Å²) in [6, 6.07) is 26.0. The maximum Gasteiger partial charge on any atom is 0.240 e. The highest BCUT2D eigenvalue weighted by molar-refractivity contribution is 8.00. The number of amides is 2. The second kappa shape index (κ2) is 12.4. The van der Waals surface area contributed by atoms with E-state index in [1.165, 1.54) is 0 Å². The number of methoxy groups -OCH3 is 1. The number of thioether (sulfide) groups is 1. The third-order valence-corrected chi connectivity index (χ3v) is 8.91. The summed E-state index contributed by atoms with van der Waals surface area (Å²) in [5.74, 6) is 1.18. The van der Waals surface area contributed by atoms with Gasteiger partial charge in [-0.2, -0.15) is 5.10 Å². The first-order chi connectivity index (χ1) is 20.5. The molecule has 9 heteroatoms. The Balaban J connectivity index is 1.51. The monoisotopic (exact) mass is 582 g/mol. The van der Waals surface area contributed by atoms with E-state index < -0.39 is 0 Å². The normalized spacial score (nSPS) is 18.4. The molecule has 0 radical (unpaired) electrons. The number of anilines is 1. The molecule has 3 aromatic carbocycles. The lowest BCUT2D eigenvalue weighted by Crippen LogP contribution is -2.44. The topological polar surface area (TPSA) is 85.7 Å². The zero-order valence-electron chi connectivity index (χ0n) is 23.8. The predicted octanol–water partition coefficient (Wildman–Crippen LogP) is 5.32. The molecule has 2 aliphatic rings. The fraction of sp³-hybridized carbons (Fsp3) is 0.303. The first-order valence-electron chi connectivity index (χ1n) is 14.2. The highest BCUT2D eigenvalue weighted by Crippen LogP contribution is 2.48. The molecule has 2 unspecified atom stereocenters. The van der Waals surface area contributed by atoms with Crippen LogP contribution in [0.3, 0.4) is 0 Å². The summed E-state index contributed by atoms with van der Waals surface area (Å²) in [7, 11) is 1.63. The van der Waals surface area contributed by atoms with Gasteiger partial charge in [-0.3, -0.25) is 14.5 Å². The Labute approximate surface area is 250 Å². The van der Waals surface area contributed by atoms with Crippen molar-refractivity contribution in [3.8, 4) is 22.7 Å². The predicted molar refractivity (Wildman–Crippen MR) is 165 cm³/mol. The SMILES string of the molecule is COc1ccc(-n2nc(-c3ccccc3)c3c2N(CC(=O)NCC2CCCO2)C(=O)CSC3c2cccc(C)c2)cc1. The second-order valence-corrected chi connectivity index (χ2v) is 11.7. The number of aromatic nitrogens is 2. The van der Waals surface area contributed by atoms with E-state index in [9.17, 15) is 9.59 Å². The van der Waals surface area contributed by atoms with Crippen LogP contribution in [0.2, 0.25) is 0 Å². The number of nitrogens with zero attached hydrogens (tertiary/aromatic N) is 3. The van der Waals surface area contributed by atoms with Gasteiger partial charge < -0.3 is 14.8 Å². The van der Waals surface area contributed by atoms with Crippen LogP contribution >= 0.6 is 11.8 Å². The summed E-state index contributed by atoms with van der Waals surface area (Å²) >= 11 is 1.57. The smallest absolute Gasteiger partial charge is 0.240 e. The summed E-state index contributed by atoms with van der Waals surface area (Å²) in [5.41, 5.74) is 5.62. The Morgan fingerprint density at radius 3 is 2.62 bits per heavy atom. The zero-order chi connectivity index (χ0) is 29.1. The molecule has 1 aromatic heterocycles. The fourth-order valence-electron chi connectivity index (χ4n) is 5.56. The van der Waals surface area contributed by atoms with Crippen LogP contribution in [-0.2, 0) is 14.3 Å². The quantitative estimate of drug-likeness (QED) is 0.303. The van der Waals surface area contributed by atoms with Crippen molar-refractivity contribution >= 4 is 29.4 Å². The Kier molecular flexibility index (Phi) is 8.30. The fourth-order valence-corrected chi connectivity index (χ4v) is 6.75. The van der Waals surface area contributed by atoms with Gasteiger partial charge in [0.25, 0.3) is 0 Å². The molecule has 1 saturated heterocycles. The average Bonchev–Trinajstić information content (AvgIpc) is 3.65. The van der Waals surface area contributed by atoms with Gasteiger partial charge in [0.1, 0.15) is 18.1 Å². The number of nitrogens with one attached hydrogen (secondary N) is 1. The number of hydrogen-bond acceptors (Lipinski definition) is 6. The molecule has 2 amide bonds. The van der Waals surface area contributed by atoms with Crippen molar-refractivity contribution < 1.29 is 19.1 Å². The van der Waals surface area contributed by atoms with E-state index in [2.05, 4.69) is 30.4 Å². The number of aryl methyl sites for hydroxylation is 1. The number of rotatable bonds is 8. The molecule has 2 aliphatic heterocycles. The van der Waals surface area contributed by atoms with Crippen LogP contribution < -0.4 is 15.0 Å². The minimum absolute atomic E-state index is 0.0140. The van der Waals surface area contributed by atoms with Crippen LogP contribution in [-0.4, -0.2) is 60.3 Å². The number of ether oxygens (including phenoxy) is 2. The number of carbonyl (C=O) groups excluding carboxylic acids is 2. The molecular formula is C33H34N4O4S. The Bertz CT molecular complexity index is 1560. The first-order valence-corrected chi connectivity index (χ1v) is 15.3. The number of benzene rings is 3. The number of hydrogen-bond donors (Lipinski definition) is 1. The summed E-state index contributed by atoms with van der Waals surface area (Å²) in [5, 5.41) is 7.97. The van der Waals surface area contributed by atoms with E-state index in [0.29, 0.717) is 12.4 Å². The summed E-state index contributed by atoms with van der Waals surface area (Å²) < 4.78 is 12.9. The minimum Gasteiger partial charge on any atom is -0.497 e. The molecular weight excluding hydrogens is 548 g/mol. The van der Waals surface area contributed by atoms with Gasteiger partial charge in [-0.25, -0.2) is 4.68 Å². The first kappa shape index (κ1) is 28.1. The number of carbonyl (C=O) groups is 2. The van der Waals surface area contributed by atoms with Crippen molar-refractivity contribution in [3.63, 3.8) is 0 Å². The van der Waals surface area contributed by atoms with Crippen LogP contribution in [0.1, 0.15) is 34.8 Å². The van der Waals surface area contributed by atoms with Crippen LogP contribution in [0, 0.1) is 6.92 Å². The van der Waals surface area contributed by atoms with Crippen molar-refractivity contribution in [2.45, 2.75) is 31.1 Å². The molecule has 6 rings (SSSR count). The number of fused-ring (bicyclic) bond motifs is 1. The van der Waals surface area contributed by atoms with Gasteiger partial charge in [0.05, 0.1) is 35.6 Å². The van der Waals surface area contributed by atoms with Gasteiger partial charge >= 0.3 is 0 Å². The van der Waals surface area contributed by atoms with Crippen molar-refractivity contribution in [3.05, 3.63) is 95.6 Å². The summed E-state index contributed by atoms with van der Waals surface area (Å²) in [6.45, 7) is 3.10. The molecule has 42 heavy (non-hydrogen) atoms. The summed E-state index contributed by atoms with van der Waals surface area (Å²) in [6.07, 6.45) is 1.93. The van der Waals surface area contributed by atoms with Gasteiger partial charge in [-0.15, -0.1) is 11.8 Å². The van der Waals surface area contributed by atoms with Crippen LogP contribution in [0.5, 0.6) is 5.75 Å². The van der Waals surface area contributed by atoms with Gasteiger partial charge in [0.15, 0.2) is 0 Å². The van der Waals surface area contributed by atoms with Crippen molar-refractivity contribution in [2.75, 3.05) is 37.5 Å². The van der Waals surface area contributed by atoms with E-state index in [-0.39, 0.29) is 35.5 Å². The Morgan fingerprint density at radius 2 is 1.90 bits per heavy atom. The molecule has 0 saturated carbocycles. The zero-order valence-corrected chi connectivity index (χ0v) is 24.6. The third kappa shape index (κ3) is 5.80. The van der Waals surface area contributed by atoms with Crippen molar-refractivity contribution in [1.82, 2.24) is 15.1 Å². The maximum absolute atomic E-state index is 13.9. The summed E-state index contributed by atoms with van der Waals surface area (Å²) in [4.78, 5) is 28.8. The van der Waals surface area contributed by atoms with Crippen LogP contribution in [0.25, 0.3) is 16.9 Å². The van der Waals surface area contributed by atoms with Gasteiger partial charge in [0, 0.05) is 24.3 Å². The third-order valence-electron chi connectivity index (χ3n) is 7.65. The highest BCUT2D eigenvalue weighted by atomic mass is 32.2.